The van der Waals surface area contributed by atoms with Gasteiger partial charge in [-0.1, -0.05) is 25.7 Å². The zero-order valence-corrected chi connectivity index (χ0v) is 19.2. The summed E-state index contributed by atoms with van der Waals surface area (Å²) in [4.78, 5) is 47.2. The van der Waals surface area contributed by atoms with E-state index in [-0.39, 0.29) is 12.8 Å². The number of hydrazine groups is 2. The van der Waals surface area contributed by atoms with E-state index in [0.29, 0.717) is 22.9 Å². The molecule has 0 aliphatic carbocycles. The molecule has 4 amide bonds. The van der Waals surface area contributed by atoms with Crippen molar-refractivity contribution >= 4 is 24.0 Å². The second kappa shape index (κ2) is 12.5. The Labute approximate surface area is 179 Å². The number of imide groups is 2. The molecule has 0 atom stereocenters. The molecule has 0 aliphatic rings. The Hall–Kier alpha value is -2.20. The van der Waals surface area contributed by atoms with Gasteiger partial charge in [0, 0.05) is 12.8 Å². The quantitative estimate of drug-likeness (QED) is 0.245. The highest BCUT2D eigenvalue weighted by atomic mass is 16.6. The largest absolute Gasteiger partial charge is 0.442 e. The number of carbonyl (C=O) groups excluding carboxylic acids is 4. The highest BCUT2D eigenvalue weighted by Crippen LogP contribution is 2.13. The lowest BCUT2D eigenvalue weighted by atomic mass is 10.1. The standard InChI is InChI=1S/C20H38N4O6/c1-19(2,3)29-17(27)23(21)15(25)13-11-9-7-8-10-12-14-16(26)24(22)18(28)30-20(4,5)6/h7-14,21-22H2,1-6H3. The summed E-state index contributed by atoms with van der Waals surface area (Å²) < 4.78 is 10.1. The van der Waals surface area contributed by atoms with Crippen LogP contribution >= 0.6 is 0 Å². The molecule has 0 fully saturated rings. The van der Waals surface area contributed by atoms with Gasteiger partial charge in [0.1, 0.15) is 11.2 Å². The van der Waals surface area contributed by atoms with Crippen molar-refractivity contribution in [1.82, 2.24) is 10.0 Å². The van der Waals surface area contributed by atoms with Gasteiger partial charge >= 0.3 is 12.2 Å². The van der Waals surface area contributed by atoms with Gasteiger partial charge in [0.25, 0.3) is 0 Å². The summed E-state index contributed by atoms with van der Waals surface area (Å²) in [6, 6.07) is 0. The predicted molar refractivity (Wildman–Crippen MR) is 111 cm³/mol. The first-order valence-electron chi connectivity index (χ1n) is 10.3. The van der Waals surface area contributed by atoms with Crippen LogP contribution in [0, 0.1) is 0 Å². The van der Waals surface area contributed by atoms with Crippen molar-refractivity contribution in [2.24, 2.45) is 11.7 Å². The van der Waals surface area contributed by atoms with E-state index >= 15 is 0 Å². The summed E-state index contributed by atoms with van der Waals surface area (Å²) in [5.74, 6) is 10.0. The number of nitrogens with zero attached hydrogens (tertiary/aromatic N) is 2. The summed E-state index contributed by atoms with van der Waals surface area (Å²) >= 11 is 0. The molecule has 10 heteroatoms. The molecule has 0 rings (SSSR count). The molecular weight excluding hydrogens is 392 g/mol. The lowest BCUT2D eigenvalue weighted by Crippen LogP contribution is -2.45. The van der Waals surface area contributed by atoms with Gasteiger partial charge in [-0.25, -0.2) is 21.3 Å². The summed E-state index contributed by atoms with van der Waals surface area (Å²) in [6.07, 6.45) is 3.13. The minimum atomic E-state index is -0.863. The molecule has 0 aromatic carbocycles. The van der Waals surface area contributed by atoms with Crippen molar-refractivity contribution in [2.45, 2.75) is 104 Å². The summed E-state index contributed by atoms with van der Waals surface area (Å²) in [6.45, 7) is 10.2. The Morgan fingerprint density at radius 3 is 1.13 bits per heavy atom. The minimum Gasteiger partial charge on any atom is -0.442 e. The van der Waals surface area contributed by atoms with Crippen molar-refractivity contribution in [1.29, 1.82) is 0 Å². The lowest BCUT2D eigenvalue weighted by Gasteiger charge is -2.23. The lowest BCUT2D eigenvalue weighted by molar-refractivity contribution is -0.131. The van der Waals surface area contributed by atoms with E-state index in [9.17, 15) is 19.2 Å². The maximum Gasteiger partial charge on any atom is 0.431 e. The average Bonchev–Trinajstić information content (AvgIpc) is 2.59. The van der Waals surface area contributed by atoms with E-state index in [1.54, 1.807) is 41.5 Å². The molecule has 4 N–H and O–H groups in total. The molecule has 0 heterocycles. The average molecular weight is 431 g/mol. The third-order valence-electron chi connectivity index (χ3n) is 3.75. The van der Waals surface area contributed by atoms with Gasteiger partial charge < -0.3 is 9.47 Å². The van der Waals surface area contributed by atoms with Crippen LogP contribution in [-0.4, -0.2) is 45.2 Å². The zero-order valence-electron chi connectivity index (χ0n) is 19.2. The third kappa shape index (κ3) is 13.1. The molecule has 0 radical (unpaired) electrons. The molecular formula is C20H38N4O6. The zero-order chi connectivity index (χ0) is 23.5. The van der Waals surface area contributed by atoms with E-state index < -0.39 is 35.2 Å². The van der Waals surface area contributed by atoms with Gasteiger partial charge in [-0.2, -0.15) is 10.0 Å². The molecule has 0 bridgehead atoms. The monoisotopic (exact) mass is 430 g/mol. The summed E-state index contributed by atoms with van der Waals surface area (Å²) in [5.41, 5.74) is -1.44. The molecule has 0 aromatic heterocycles. The Morgan fingerprint density at radius 2 is 0.867 bits per heavy atom. The Balaban J connectivity index is 3.90. The number of ether oxygens (including phenoxy) is 2. The Morgan fingerprint density at radius 1 is 0.600 bits per heavy atom. The van der Waals surface area contributed by atoms with Crippen molar-refractivity contribution in [3.8, 4) is 0 Å². The fraction of sp³-hybridized carbons (Fsp3) is 0.800. The van der Waals surface area contributed by atoms with Crippen LogP contribution in [0.4, 0.5) is 9.59 Å². The third-order valence-corrected chi connectivity index (χ3v) is 3.75. The molecule has 0 aromatic rings. The van der Waals surface area contributed by atoms with Crippen LogP contribution < -0.4 is 11.7 Å². The Bertz CT molecular complexity index is 543. The van der Waals surface area contributed by atoms with E-state index in [4.69, 9.17) is 21.2 Å². The SMILES string of the molecule is CC(C)(C)OC(=O)N(N)C(=O)CCCCCCCCC(=O)N(N)C(=O)OC(C)(C)C. The molecule has 0 unspecified atom stereocenters. The van der Waals surface area contributed by atoms with Gasteiger partial charge in [0.05, 0.1) is 0 Å². The van der Waals surface area contributed by atoms with Crippen LogP contribution in [0.3, 0.4) is 0 Å². The number of nitrogens with two attached hydrogens (primary N) is 2. The second-order valence-corrected chi connectivity index (χ2v) is 9.11. The van der Waals surface area contributed by atoms with E-state index in [2.05, 4.69) is 0 Å². The molecule has 10 nitrogen and oxygen atoms in total. The maximum atomic E-state index is 11.9. The van der Waals surface area contributed by atoms with Crippen molar-refractivity contribution < 1.29 is 28.7 Å². The first-order chi connectivity index (χ1) is 13.6. The van der Waals surface area contributed by atoms with Crippen LogP contribution in [0.5, 0.6) is 0 Å². The highest BCUT2D eigenvalue weighted by Gasteiger charge is 2.25. The second-order valence-electron chi connectivity index (χ2n) is 9.11. The van der Waals surface area contributed by atoms with Crippen molar-refractivity contribution in [2.75, 3.05) is 0 Å². The number of rotatable bonds is 9. The number of amides is 4. The highest BCUT2D eigenvalue weighted by molar-refractivity contribution is 5.91. The molecule has 0 saturated heterocycles. The molecule has 174 valence electrons. The smallest absolute Gasteiger partial charge is 0.431 e. The topological polar surface area (TPSA) is 145 Å². The van der Waals surface area contributed by atoms with Gasteiger partial charge in [-0.15, -0.1) is 0 Å². The minimum absolute atomic E-state index is 0.159. The van der Waals surface area contributed by atoms with Crippen LogP contribution in [0.15, 0.2) is 0 Å². The van der Waals surface area contributed by atoms with E-state index in [0.717, 1.165) is 25.7 Å². The molecule has 30 heavy (non-hydrogen) atoms. The molecule has 0 spiro atoms. The van der Waals surface area contributed by atoms with E-state index in [1.165, 1.54) is 0 Å². The number of carbonyl (C=O) groups is 4. The van der Waals surface area contributed by atoms with Gasteiger partial charge in [-0.3, -0.25) is 9.59 Å². The van der Waals surface area contributed by atoms with Crippen LogP contribution in [-0.2, 0) is 19.1 Å². The van der Waals surface area contributed by atoms with Crippen molar-refractivity contribution in [3.05, 3.63) is 0 Å². The van der Waals surface area contributed by atoms with E-state index in [1.807, 2.05) is 0 Å². The van der Waals surface area contributed by atoms with Gasteiger partial charge in [0.15, 0.2) is 0 Å². The van der Waals surface area contributed by atoms with Crippen LogP contribution in [0.25, 0.3) is 0 Å². The normalized spacial score (nSPS) is 11.6. The molecule has 0 saturated carbocycles. The number of hydrogen-bond donors (Lipinski definition) is 2. The summed E-state index contributed by atoms with van der Waals surface area (Å²) in [7, 11) is 0. The van der Waals surface area contributed by atoms with Crippen LogP contribution in [0.1, 0.15) is 92.9 Å². The number of unbranched alkanes of at least 4 members (excludes halogenated alkanes) is 5. The first-order valence-corrected chi connectivity index (χ1v) is 10.3. The Kier molecular flexibility index (Phi) is 11.6. The first kappa shape index (κ1) is 27.8. The fourth-order valence-corrected chi connectivity index (χ4v) is 2.33. The van der Waals surface area contributed by atoms with Crippen LogP contribution in [0.2, 0.25) is 0 Å². The number of hydrogen-bond acceptors (Lipinski definition) is 8. The summed E-state index contributed by atoms with van der Waals surface area (Å²) in [5, 5.41) is 1.03. The predicted octanol–water partition coefficient (Wildman–Crippen LogP) is 3.38. The molecule has 0 aliphatic heterocycles. The van der Waals surface area contributed by atoms with Gasteiger partial charge in [-0.05, 0) is 54.4 Å². The van der Waals surface area contributed by atoms with Gasteiger partial charge in [0.2, 0.25) is 11.8 Å². The fourth-order valence-electron chi connectivity index (χ4n) is 2.33. The maximum absolute atomic E-state index is 11.9. The van der Waals surface area contributed by atoms with Crippen molar-refractivity contribution in [3.63, 3.8) is 0 Å².